The van der Waals surface area contributed by atoms with Crippen LogP contribution in [0.5, 0.6) is 0 Å². The predicted molar refractivity (Wildman–Crippen MR) is 86.3 cm³/mol. The lowest BCUT2D eigenvalue weighted by Crippen LogP contribution is -2.49. The van der Waals surface area contributed by atoms with Gasteiger partial charge in [0.05, 0.1) is 17.3 Å². The molecule has 4 nitrogen and oxygen atoms in total. The van der Waals surface area contributed by atoms with E-state index in [0.717, 1.165) is 38.5 Å². The van der Waals surface area contributed by atoms with Crippen molar-refractivity contribution in [1.29, 1.82) is 0 Å². The van der Waals surface area contributed by atoms with Crippen LogP contribution in [0.4, 0.5) is 0 Å². The van der Waals surface area contributed by atoms with E-state index in [-0.39, 0.29) is 11.6 Å². The van der Waals surface area contributed by atoms with Gasteiger partial charge in [0, 0.05) is 19.3 Å². The molecule has 1 heterocycles. The Morgan fingerprint density at radius 2 is 2.29 bits per heavy atom. The van der Waals surface area contributed by atoms with E-state index in [1.54, 1.807) is 0 Å². The Morgan fingerprint density at radius 3 is 2.90 bits per heavy atom. The van der Waals surface area contributed by atoms with Crippen LogP contribution in [0.25, 0.3) is 0 Å². The molecule has 0 saturated heterocycles. The smallest absolute Gasteiger partial charge is 0.0893 e. The summed E-state index contributed by atoms with van der Waals surface area (Å²) in [5.41, 5.74) is 1.18. The quantitative estimate of drug-likeness (QED) is 0.836. The first kappa shape index (κ1) is 16.5. The fourth-order valence-corrected chi connectivity index (χ4v) is 3.92. The number of rotatable bonds is 7. The van der Waals surface area contributed by atoms with Gasteiger partial charge in [0.1, 0.15) is 0 Å². The minimum Gasteiger partial charge on any atom is -0.373 e. The number of aryl methyl sites for hydroxylation is 1. The molecule has 0 radical (unpaired) electrons. The SMILES string of the molecule is CCNC(c1ccnn1CC)C1(OCC)CCCC(C)C1. The molecule has 0 bridgehead atoms. The average molecular weight is 293 g/mol. The second kappa shape index (κ2) is 7.41. The van der Waals surface area contributed by atoms with Gasteiger partial charge in [0.2, 0.25) is 0 Å². The first-order chi connectivity index (χ1) is 10.2. The molecule has 1 N–H and O–H groups in total. The maximum atomic E-state index is 6.38. The summed E-state index contributed by atoms with van der Waals surface area (Å²) >= 11 is 0. The van der Waals surface area contributed by atoms with E-state index < -0.39 is 0 Å². The fourth-order valence-electron chi connectivity index (χ4n) is 3.92. The maximum absolute atomic E-state index is 6.38. The third-order valence-corrected chi connectivity index (χ3v) is 4.70. The maximum Gasteiger partial charge on any atom is 0.0893 e. The van der Waals surface area contributed by atoms with Crippen LogP contribution in [0, 0.1) is 5.92 Å². The highest BCUT2D eigenvalue weighted by Gasteiger charge is 2.44. The largest absolute Gasteiger partial charge is 0.373 e. The lowest BCUT2D eigenvalue weighted by atomic mass is 9.73. The van der Waals surface area contributed by atoms with Crippen LogP contribution in [0.15, 0.2) is 12.3 Å². The molecular weight excluding hydrogens is 262 g/mol. The predicted octanol–water partition coefficient (Wildman–Crippen LogP) is 3.54. The highest BCUT2D eigenvalue weighted by atomic mass is 16.5. The van der Waals surface area contributed by atoms with Crippen LogP contribution >= 0.6 is 0 Å². The summed E-state index contributed by atoms with van der Waals surface area (Å²) in [6, 6.07) is 2.38. The van der Waals surface area contributed by atoms with Crippen molar-refractivity contribution >= 4 is 0 Å². The van der Waals surface area contributed by atoms with Gasteiger partial charge in [0.15, 0.2) is 0 Å². The Labute approximate surface area is 129 Å². The normalized spacial score (nSPS) is 27.7. The number of hydrogen-bond acceptors (Lipinski definition) is 3. The van der Waals surface area contributed by atoms with E-state index in [4.69, 9.17) is 4.74 Å². The molecule has 4 heteroatoms. The van der Waals surface area contributed by atoms with Crippen LogP contribution in [0.1, 0.15) is 65.1 Å². The van der Waals surface area contributed by atoms with E-state index in [2.05, 4.69) is 48.9 Å². The van der Waals surface area contributed by atoms with Crippen molar-refractivity contribution in [3.05, 3.63) is 18.0 Å². The van der Waals surface area contributed by atoms with Crippen LogP contribution in [-0.2, 0) is 11.3 Å². The number of nitrogens with one attached hydrogen (secondary N) is 1. The molecule has 1 aliphatic rings. The van der Waals surface area contributed by atoms with E-state index in [0.29, 0.717) is 0 Å². The molecule has 1 aromatic rings. The van der Waals surface area contributed by atoms with Gasteiger partial charge in [-0.25, -0.2) is 0 Å². The Balaban J connectivity index is 2.36. The van der Waals surface area contributed by atoms with Gasteiger partial charge in [-0.1, -0.05) is 26.7 Å². The molecule has 3 atom stereocenters. The molecule has 120 valence electrons. The monoisotopic (exact) mass is 293 g/mol. The molecular formula is C17H31N3O. The van der Waals surface area contributed by atoms with Gasteiger partial charge < -0.3 is 10.1 Å². The van der Waals surface area contributed by atoms with E-state index in [1.165, 1.54) is 18.5 Å². The van der Waals surface area contributed by atoms with Crippen molar-refractivity contribution in [1.82, 2.24) is 15.1 Å². The van der Waals surface area contributed by atoms with E-state index >= 15 is 0 Å². The summed E-state index contributed by atoms with van der Waals surface area (Å²) in [4.78, 5) is 0. The molecule has 1 aliphatic carbocycles. The molecule has 0 aliphatic heterocycles. The molecule has 1 aromatic heterocycles. The second-order valence-electron chi connectivity index (χ2n) is 6.26. The van der Waals surface area contributed by atoms with Crippen molar-refractivity contribution < 1.29 is 4.74 Å². The number of nitrogens with zero attached hydrogens (tertiary/aromatic N) is 2. The number of ether oxygens (including phenoxy) is 1. The summed E-state index contributed by atoms with van der Waals surface area (Å²) in [5.74, 6) is 0.726. The highest BCUT2D eigenvalue weighted by molar-refractivity contribution is 5.15. The zero-order valence-electron chi connectivity index (χ0n) is 14.1. The fraction of sp³-hybridized carbons (Fsp3) is 0.824. The van der Waals surface area contributed by atoms with Crippen molar-refractivity contribution in [3.63, 3.8) is 0 Å². The number of hydrogen-bond donors (Lipinski definition) is 1. The zero-order valence-corrected chi connectivity index (χ0v) is 14.1. The Bertz CT molecular complexity index is 427. The summed E-state index contributed by atoms with van der Waals surface area (Å²) in [5, 5.41) is 8.15. The van der Waals surface area contributed by atoms with Crippen molar-refractivity contribution in [2.24, 2.45) is 5.92 Å². The van der Waals surface area contributed by atoms with Crippen molar-refractivity contribution in [2.45, 2.75) is 71.6 Å². The average Bonchev–Trinajstić information content (AvgIpc) is 2.93. The Morgan fingerprint density at radius 1 is 1.48 bits per heavy atom. The molecule has 0 aromatic carbocycles. The van der Waals surface area contributed by atoms with E-state index in [1.807, 2.05) is 6.20 Å². The molecule has 0 amide bonds. The first-order valence-electron chi connectivity index (χ1n) is 8.55. The minimum atomic E-state index is -0.0879. The topological polar surface area (TPSA) is 39.1 Å². The summed E-state index contributed by atoms with van der Waals surface area (Å²) in [6.07, 6.45) is 6.75. The molecule has 1 fully saturated rings. The summed E-state index contributed by atoms with van der Waals surface area (Å²) in [6.45, 7) is 11.4. The Hall–Kier alpha value is -0.870. The third-order valence-electron chi connectivity index (χ3n) is 4.70. The van der Waals surface area contributed by atoms with Crippen molar-refractivity contribution in [2.75, 3.05) is 13.2 Å². The first-order valence-corrected chi connectivity index (χ1v) is 8.55. The van der Waals surface area contributed by atoms with Gasteiger partial charge in [0.25, 0.3) is 0 Å². The van der Waals surface area contributed by atoms with Gasteiger partial charge in [-0.3, -0.25) is 4.68 Å². The molecule has 1 saturated carbocycles. The van der Waals surface area contributed by atoms with E-state index in [9.17, 15) is 0 Å². The lowest BCUT2D eigenvalue weighted by molar-refractivity contribution is -0.103. The van der Waals surface area contributed by atoms with Gasteiger partial charge in [-0.15, -0.1) is 0 Å². The molecule has 0 spiro atoms. The standard InChI is InChI=1S/C17H31N3O/c1-5-18-16(15-10-12-19-20(15)6-2)17(21-7-3)11-8-9-14(4)13-17/h10,12,14,16,18H,5-9,11,13H2,1-4H3. The lowest BCUT2D eigenvalue weighted by Gasteiger charge is -2.45. The van der Waals surface area contributed by atoms with Crippen LogP contribution in [0.2, 0.25) is 0 Å². The summed E-state index contributed by atoms with van der Waals surface area (Å²) in [7, 11) is 0. The number of aromatic nitrogens is 2. The summed E-state index contributed by atoms with van der Waals surface area (Å²) < 4.78 is 8.48. The number of likely N-dealkylation sites (N-methyl/N-ethyl adjacent to an activating group) is 1. The van der Waals surface area contributed by atoms with Crippen molar-refractivity contribution in [3.8, 4) is 0 Å². The van der Waals surface area contributed by atoms with Crippen LogP contribution < -0.4 is 5.32 Å². The highest BCUT2D eigenvalue weighted by Crippen LogP contribution is 2.43. The van der Waals surface area contributed by atoms with Gasteiger partial charge >= 0.3 is 0 Å². The molecule has 3 unspecified atom stereocenters. The van der Waals surface area contributed by atoms with Crippen LogP contribution in [0.3, 0.4) is 0 Å². The van der Waals surface area contributed by atoms with Crippen LogP contribution in [-0.4, -0.2) is 28.5 Å². The third kappa shape index (κ3) is 3.49. The van der Waals surface area contributed by atoms with Gasteiger partial charge in [-0.05, 0) is 45.2 Å². The zero-order chi connectivity index (χ0) is 15.3. The second-order valence-corrected chi connectivity index (χ2v) is 6.26. The minimum absolute atomic E-state index is 0.0879. The Kier molecular flexibility index (Phi) is 5.82. The van der Waals surface area contributed by atoms with Gasteiger partial charge in [-0.2, -0.15) is 5.10 Å². The molecule has 21 heavy (non-hydrogen) atoms. The molecule has 2 rings (SSSR count).